The maximum Gasteiger partial charge on any atom is 0.129 e. The number of aromatic nitrogens is 1. The fourth-order valence-electron chi connectivity index (χ4n) is 2.70. The number of nitrogens with zero attached hydrogens (tertiary/aromatic N) is 2. The topological polar surface area (TPSA) is 28.2 Å². The van der Waals surface area contributed by atoms with E-state index in [9.17, 15) is 0 Å². The summed E-state index contributed by atoms with van der Waals surface area (Å²) in [6, 6.07) is 4.49. The summed E-state index contributed by atoms with van der Waals surface area (Å²) in [5.41, 5.74) is 3.03. The van der Waals surface area contributed by atoms with Crippen molar-refractivity contribution < 1.29 is 0 Å². The predicted molar refractivity (Wildman–Crippen MR) is 86.3 cm³/mol. The van der Waals surface area contributed by atoms with E-state index in [1.165, 1.54) is 24.1 Å². The molecule has 3 nitrogen and oxygen atoms in total. The van der Waals surface area contributed by atoms with Crippen LogP contribution < -0.4 is 10.2 Å². The summed E-state index contributed by atoms with van der Waals surface area (Å²) in [7, 11) is 2.00. The second kappa shape index (κ2) is 6.13. The van der Waals surface area contributed by atoms with Crippen molar-refractivity contribution in [3.8, 4) is 0 Å². The highest BCUT2D eigenvalue weighted by molar-refractivity contribution is 5.44. The van der Waals surface area contributed by atoms with E-state index in [0.29, 0.717) is 11.3 Å². The van der Waals surface area contributed by atoms with E-state index in [0.717, 1.165) is 25.5 Å². The molecule has 20 heavy (non-hydrogen) atoms. The van der Waals surface area contributed by atoms with Crippen molar-refractivity contribution in [1.82, 2.24) is 10.3 Å². The standard InChI is InChI=1S/C17H29N3/c1-13(2)15-10-14(12-18-5)11-16(19-15)20-8-6-17(3,4)7-9-20/h10-11,13,18H,6-9,12H2,1-5H3. The zero-order chi connectivity index (χ0) is 14.8. The summed E-state index contributed by atoms with van der Waals surface area (Å²) < 4.78 is 0. The van der Waals surface area contributed by atoms with Crippen LogP contribution in [0.4, 0.5) is 5.82 Å². The highest BCUT2D eigenvalue weighted by atomic mass is 15.2. The van der Waals surface area contributed by atoms with Gasteiger partial charge in [0.2, 0.25) is 0 Å². The highest BCUT2D eigenvalue weighted by Gasteiger charge is 2.26. The first kappa shape index (κ1) is 15.3. The van der Waals surface area contributed by atoms with Gasteiger partial charge in [-0.25, -0.2) is 4.98 Å². The Morgan fingerprint density at radius 1 is 1.25 bits per heavy atom. The third-order valence-corrected chi connectivity index (χ3v) is 4.30. The van der Waals surface area contributed by atoms with Crippen LogP contribution in [-0.4, -0.2) is 25.1 Å². The van der Waals surface area contributed by atoms with Crippen molar-refractivity contribution in [1.29, 1.82) is 0 Å². The van der Waals surface area contributed by atoms with Gasteiger partial charge in [0.1, 0.15) is 5.82 Å². The van der Waals surface area contributed by atoms with Gasteiger partial charge in [0.15, 0.2) is 0 Å². The summed E-state index contributed by atoms with van der Waals surface area (Å²) in [6.45, 7) is 12.3. The Morgan fingerprint density at radius 3 is 2.45 bits per heavy atom. The first-order chi connectivity index (χ1) is 9.41. The molecule has 0 aliphatic carbocycles. The Morgan fingerprint density at radius 2 is 1.90 bits per heavy atom. The highest BCUT2D eigenvalue weighted by Crippen LogP contribution is 2.32. The quantitative estimate of drug-likeness (QED) is 0.911. The third-order valence-electron chi connectivity index (χ3n) is 4.30. The van der Waals surface area contributed by atoms with Crippen LogP contribution in [0, 0.1) is 5.41 Å². The molecule has 0 bridgehead atoms. The zero-order valence-corrected chi connectivity index (χ0v) is 13.7. The summed E-state index contributed by atoms with van der Waals surface area (Å²) in [4.78, 5) is 7.34. The molecule has 3 heteroatoms. The lowest BCUT2D eigenvalue weighted by Gasteiger charge is -2.37. The second-order valence-electron chi connectivity index (χ2n) is 7.09. The molecule has 1 aromatic heterocycles. The molecule has 2 rings (SSSR count). The average Bonchev–Trinajstić information content (AvgIpc) is 2.38. The van der Waals surface area contributed by atoms with Crippen LogP contribution in [0.15, 0.2) is 12.1 Å². The van der Waals surface area contributed by atoms with Crippen molar-refractivity contribution in [3.05, 3.63) is 23.4 Å². The number of anilines is 1. The molecule has 0 radical (unpaired) electrons. The Hall–Kier alpha value is -1.09. The number of hydrogen-bond acceptors (Lipinski definition) is 3. The van der Waals surface area contributed by atoms with E-state index < -0.39 is 0 Å². The van der Waals surface area contributed by atoms with Crippen LogP contribution >= 0.6 is 0 Å². The van der Waals surface area contributed by atoms with E-state index in [1.807, 2.05) is 7.05 Å². The molecule has 2 heterocycles. The van der Waals surface area contributed by atoms with E-state index in [2.05, 4.69) is 50.0 Å². The van der Waals surface area contributed by atoms with Gasteiger partial charge in [-0.3, -0.25) is 0 Å². The van der Waals surface area contributed by atoms with E-state index in [4.69, 9.17) is 4.98 Å². The van der Waals surface area contributed by atoms with E-state index >= 15 is 0 Å². The summed E-state index contributed by atoms with van der Waals surface area (Å²) in [5.74, 6) is 1.64. The number of pyridine rings is 1. The van der Waals surface area contributed by atoms with Gasteiger partial charge in [0, 0.05) is 25.3 Å². The van der Waals surface area contributed by atoms with Crippen LogP contribution in [0.5, 0.6) is 0 Å². The lowest BCUT2D eigenvalue weighted by Crippen LogP contribution is -2.38. The van der Waals surface area contributed by atoms with Crippen molar-refractivity contribution in [3.63, 3.8) is 0 Å². The second-order valence-corrected chi connectivity index (χ2v) is 7.09. The van der Waals surface area contributed by atoms with Crippen LogP contribution in [0.1, 0.15) is 57.7 Å². The molecule has 1 N–H and O–H groups in total. The molecular formula is C17H29N3. The number of nitrogens with one attached hydrogen (secondary N) is 1. The van der Waals surface area contributed by atoms with Gasteiger partial charge in [-0.1, -0.05) is 27.7 Å². The fourth-order valence-corrected chi connectivity index (χ4v) is 2.70. The van der Waals surface area contributed by atoms with E-state index in [1.54, 1.807) is 0 Å². The summed E-state index contributed by atoms with van der Waals surface area (Å²) >= 11 is 0. The maximum atomic E-state index is 4.88. The smallest absolute Gasteiger partial charge is 0.129 e. The van der Waals surface area contributed by atoms with Crippen LogP contribution in [0.2, 0.25) is 0 Å². The monoisotopic (exact) mass is 275 g/mol. The largest absolute Gasteiger partial charge is 0.357 e. The van der Waals surface area contributed by atoms with Crippen molar-refractivity contribution in [2.75, 3.05) is 25.0 Å². The van der Waals surface area contributed by atoms with E-state index in [-0.39, 0.29) is 0 Å². The molecule has 0 spiro atoms. The molecule has 0 aromatic carbocycles. The Kier molecular flexibility index (Phi) is 4.69. The van der Waals surface area contributed by atoms with Crippen molar-refractivity contribution in [2.45, 2.75) is 53.0 Å². The minimum Gasteiger partial charge on any atom is -0.357 e. The summed E-state index contributed by atoms with van der Waals surface area (Å²) in [5, 5.41) is 3.25. The van der Waals surface area contributed by atoms with Crippen LogP contribution in [0.25, 0.3) is 0 Å². The fraction of sp³-hybridized carbons (Fsp3) is 0.706. The number of hydrogen-bond donors (Lipinski definition) is 1. The van der Waals surface area contributed by atoms with Gasteiger partial charge in [0.05, 0.1) is 0 Å². The molecule has 1 saturated heterocycles. The molecule has 0 atom stereocenters. The first-order valence-corrected chi connectivity index (χ1v) is 7.82. The summed E-state index contributed by atoms with van der Waals surface area (Å²) in [6.07, 6.45) is 2.50. The van der Waals surface area contributed by atoms with Crippen molar-refractivity contribution in [2.24, 2.45) is 5.41 Å². The van der Waals surface area contributed by atoms with Crippen molar-refractivity contribution >= 4 is 5.82 Å². The molecule has 112 valence electrons. The maximum absolute atomic E-state index is 4.88. The van der Waals surface area contributed by atoms with Crippen LogP contribution in [0.3, 0.4) is 0 Å². The molecule has 0 unspecified atom stereocenters. The van der Waals surface area contributed by atoms with Crippen LogP contribution in [-0.2, 0) is 6.54 Å². The predicted octanol–water partition coefficient (Wildman–Crippen LogP) is 3.55. The first-order valence-electron chi connectivity index (χ1n) is 7.82. The molecule has 1 aliphatic rings. The molecule has 1 fully saturated rings. The minimum atomic E-state index is 0.479. The molecular weight excluding hydrogens is 246 g/mol. The minimum absolute atomic E-state index is 0.479. The lowest BCUT2D eigenvalue weighted by molar-refractivity contribution is 0.279. The van der Waals surface area contributed by atoms with Gasteiger partial charge >= 0.3 is 0 Å². The number of piperidine rings is 1. The average molecular weight is 275 g/mol. The lowest BCUT2D eigenvalue weighted by atomic mass is 9.83. The molecule has 1 aliphatic heterocycles. The van der Waals surface area contributed by atoms with Gasteiger partial charge in [-0.2, -0.15) is 0 Å². The normalized spacial score (nSPS) is 18.6. The molecule has 0 amide bonds. The van der Waals surface area contributed by atoms with Gasteiger partial charge < -0.3 is 10.2 Å². The molecule has 0 saturated carbocycles. The molecule has 1 aromatic rings. The Labute approximate surface area is 123 Å². The number of rotatable bonds is 4. The van der Waals surface area contributed by atoms with Gasteiger partial charge in [-0.05, 0) is 48.9 Å². The Balaban J connectivity index is 2.22. The van der Waals surface area contributed by atoms with Gasteiger partial charge in [-0.15, -0.1) is 0 Å². The SMILES string of the molecule is CNCc1cc(C(C)C)nc(N2CCC(C)(C)CC2)c1. The Bertz CT molecular complexity index is 442. The third kappa shape index (κ3) is 3.72. The van der Waals surface area contributed by atoms with Gasteiger partial charge in [0.25, 0.3) is 0 Å². The zero-order valence-electron chi connectivity index (χ0n) is 13.7.